The molecule has 5 nitrogen and oxygen atoms in total. The van der Waals surface area contributed by atoms with Crippen molar-refractivity contribution in [3.63, 3.8) is 0 Å². The fourth-order valence-electron chi connectivity index (χ4n) is 6.84. The Morgan fingerprint density at radius 3 is 1.71 bits per heavy atom. The van der Waals surface area contributed by atoms with E-state index < -0.39 is 0 Å². The van der Waals surface area contributed by atoms with Gasteiger partial charge in [0.15, 0.2) is 17.5 Å². The van der Waals surface area contributed by atoms with Gasteiger partial charge in [-0.1, -0.05) is 127 Å². The lowest BCUT2D eigenvalue weighted by atomic mass is 10.0. The number of fused-ring (bicyclic) bond motifs is 3. The topological polar surface area (TPSA) is 67.4 Å². The molecule has 0 saturated heterocycles. The SMILES string of the molecule is N#Cc1ccc(-c2ccc3c4ccccc4n(-c4cc(-c5ccccc5F)ccc4-c4nc(-c5ccccc5)nc(-c5ccccc5)n4)c3c2)cc1. The monoisotopic (exact) mass is 669 g/mol. The maximum atomic E-state index is 15.4. The second kappa shape index (κ2) is 12.9. The standard InChI is InChI=1S/C46H28FN5/c47-40-17-9-7-15-36(40)35-24-26-39(46-50-44(32-11-3-1-4-12-32)49-45(51-46)33-13-5-2-6-14-33)43(28-35)52-41-18-10-8-16-37(41)38-25-23-34(27-42(38)52)31-21-19-30(29-48)20-22-31/h1-28H. The van der Waals surface area contributed by atoms with Crippen LogP contribution >= 0.6 is 0 Å². The maximum Gasteiger partial charge on any atom is 0.166 e. The molecule has 0 fully saturated rings. The molecule has 2 aromatic heterocycles. The van der Waals surface area contributed by atoms with Crippen molar-refractivity contribution in [1.82, 2.24) is 19.5 Å². The van der Waals surface area contributed by atoms with Crippen molar-refractivity contribution in [2.75, 3.05) is 0 Å². The second-order valence-corrected chi connectivity index (χ2v) is 12.5. The Morgan fingerprint density at radius 2 is 1.02 bits per heavy atom. The third-order valence-corrected chi connectivity index (χ3v) is 9.38. The molecule has 0 spiro atoms. The summed E-state index contributed by atoms with van der Waals surface area (Å²) in [5.41, 5.74) is 9.10. The van der Waals surface area contributed by atoms with E-state index in [1.54, 1.807) is 12.1 Å². The smallest absolute Gasteiger partial charge is 0.166 e. The van der Waals surface area contributed by atoms with Gasteiger partial charge in [-0.2, -0.15) is 5.26 Å². The van der Waals surface area contributed by atoms with Crippen LogP contribution in [0, 0.1) is 17.1 Å². The summed E-state index contributed by atoms with van der Waals surface area (Å²) in [6.45, 7) is 0. The third-order valence-electron chi connectivity index (χ3n) is 9.38. The van der Waals surface area contributed by atoms with E-state index in [0.717, 1.165) is 60.9 Å². The van der Waals surface area contributed by atoms with E-state index in [2.05, 4.69) is 41.0 Å². The minimum atomic E-state index is -0.301. The van der Waals surface area contributed by atoms with Crippen LogP contribution in [0.2, 0.25) is 0 Å². The molecule has 9 aromatic rings. The van der Waals surface area contributed by atoms with Crippen LogP contribution in [0.1, 0.15) is 5.56 Å². The highest BCUT2D eigenvalue weighted by molar-refractivity contribution is 6.10. The van der Waals surface area contributed by atoms with E-state index in [1.165, 1.54) is 6.07 Å². The van der Waals surface area contributed by atoms with Gasteiger partial charge in [0.05, 0.1) is 28.4 Å². The summed E-state index contributed by atoms with van der Waals surface area (Å²) in [5, 5.41) is 11.5. The zero-order valence-electron chi connectivity index (χ0n) is 27.8. The van der Waals surface area contributed by atoms with Gasteiger partial charge in [0, 0.05) is 33.0 Å². The number of benzene rings is 7. The number of hydrogen-bond acceptors (Lipinski definition) is 4. The number of para-hydroxylation sites is 1. The molecule has 0 unspecified atom stereocenters. The first kappa shape index (κ1) is 30.8. The van der Waals surface area contributed by atoms with Crippen LogP contribution in [0.3, 0.4) is 0 Å². The molecule has 0 bridgehead atoms. The van der Waals surface area contributed by atoms with Gasteiger partial charge in [-0.3, -0.25) is 0 Å². The summed E-state index contributed by atoms with van der Waals surface area (Å²) < 4.78 is 17.6. The largest absolute Gasteiger partial charge is 0.308 e. The van der Waals surface area contributed by atoms with Crippen LogP contribution in [0.15, 0.2) is 170 Å². The van der Waals surface area contributed by atoms with E-state index in [4.69, 9.17) is 15.0 Å². The Morgan fingerprint density at radius 1 is 0.442 bits per heavy atom. The Bertz CT molecular complexity index is 2740. The Kier molecular flexibility index (Phi) is 7.64. The molecular formula is C46H28FN5. The molecule has 0 saturated carbocycles. The number of halogens is 1. The minimum absolute atomic E-state index is 0.301. The second-order valence-electron chi connectivity index (χ2n) is 12.5. The summed E-state index contributed by atoms with van der Waals surface area (Å²) in [4.78, 5) is 15.1. The molecule has 0 aliphatic carbocycles. The normalized spacial score (nSPS) is 11.2. The number of nitrogens with zero attached hydrogens (tertiary/aromatic N) is 5. The van der Waals surface area contributed by atoms with Crippen LogP contribution in [-0.4, -0.2) is 19.5 Å². The molecule has 0 aliphatic rings. The summed E-state index contributed by atoms with van der Waals surface area (Å²) in [6.07, 6.45) is 0. The molecule has 0 amide bonds. The van der Waals surface area contributed by atoms with Crippen LogP contribution in [-0.2, 0) is 0 Å². The van der Waals surface area contributed by atoms with E-state index >= 15 is 4.39 Å². The first-order chi connectivity index (χ1) is 25.6. The van der Waals surface area contributed by atoms with Gasteiger partial charge in [-0.05, 0) is 59.2 Å². The molecule has 0 aliphatic heterocycles. The number of rotatable bonds is 6. The summed E-state index contributed by atoms with van der Waals surface area (Å²) in [6, 6.07) is 57.1. The summed E-state index contributed by atoms with van der Waals surface area (Å²) in [5.74, 6) is 1.30. The highest BCUT2D eigenvalue weighted by Gasteiger charge is 2.21. The van der Waals surface area contributed by atoms with Crippen molar-refractivity contribution in [3.8, 4) is 68.2 Å². The van der Waals surface area contributed by atoms with E-state index in [0.29, 0.717) is 28.6 Å². The van der Waals surface area contributed by atoms with Crippen molar-refractivity contribution < 1.29 is 4.39 Å². The molecule has 6 heteroatoms. The fraction of sp³-hybridized carbons (Fsp3) is 0. The first-order valence-electron chi connectivity index (χ1n) is 16.9. The predicted molar refractivity (Wildman–Crippen MR) is 206 cm³/mol. The molecule has 0 radical (unpaired) electrons. The highest BCUT2D eigenvalue weighted by Crippen LogP contribution is 2.40. The van der Waals surface area contributed by atoms with Crippen molar-refractivity contribution in [2.24, 2.45) is 0 Å². The predicted octanol–water partition coefficient (Wildman–Crippen LogP) is 11.3. The molecular weight excluding hydrogens is 642 g/mol. The number of hydrogen-bond donors (Lipinski definition) is 0. The van der Waals surface area contributed by atoms with Crippen LogP contribution in [0.4, 0.5) is 4.39 Å². The van der Waals surface area contributed by atoms with E-state index in [-0.39, 0.29) is 5.82 Å². The fourth-order valence-corrected chi connectivity index (χ4v) is 6.84. The quantitative estimate of drug-likeness (QED) is 0.177. The molecule has 0 N–H and O–H groups in total. The van der Waals surface area contributed by atoms with Gasteiger partial charge in [0.1, 0.15) is 5.82 Å². The Labute approximate surface area is 299 Å². The Hall–Kier alpha value is -7.23. The molecule has 9 rings (SSSR count). The van der Waals surface area contributed by atoms with Crippen molar-refractivity contribution in [3.05, 3.63) is 181 Å². The van der Waals surface area contributed by atoms with Crippen molar-refractivity contribution in [1.29, 1.82) is 5.26 Å². The molecule has 244 valence electrons. The van der Waals surface area contributed by atoms with Crippen LogP contribution in [0.5, 0.6) is 0 Å². The van der Waals surface area contributed by atoms with Crippen LogP contribution in [0.25, 0.3) is 83.9 Å². The average molecular weight is 670 g/mol. The average Bonchev–Trinajstić information content (AvgIpc) is 3.55. The zero-order valence-corrected chi connectivity index (χ0v) is 27.8. The number of aromatic nitrogens is 4. The van der Waals surface area contributed by atoms with Gasteiger partial charge in [0.25, 0.3) is 0 Å². The lowest BCUT2D eigenvalue weighted by molar-refractivity contribution is 0.631. The Balaban J connectivity index is 1.36. The van der Waals surface area contributed by atoms with Gasteiger partial charge in [0.2, 0.25) is 0 Å². The summed E-state index contributed by atoms with van der Waals surface area (Å²) >= 11 is 0. The van der Waals surface area contributed by atoms with Gasteiger partial charge >= 0.3 is 0 Å². The third kappa shape index (κ3) is 5.47. The van der Waals surface area contributed by atoms with Crippen molar-refractivity contribution >= 4 is 21.8 Å². The molecule has 0 atom stereocenters. The molecule has 52 heavy (non-hydrogen) atoms. The van der Waals surface area contributed by atoms with Crippen molar-refractivity contribution in [2.45, 2.75) is 0 Å². The minimum Gasteiger partial charge on any atom is -0.308 e. The zero-order chi connectivity index (χ0) is 35.0. The van der Waals surface area contributed by atoms with E-state index in [1.807, 2.05) is 121 Å². The lowest BCUT2D eigenvalue weighted by Gasteiger charge is -2.17. The van der Waals surface area contributed by atoms with Crippen LogP contribution < -0.4 is 0 Å². The van der Waals surface area contributed by atoms with Gasteiger partial charge in [-0.25, -0.2) is 19.3 Å². The van der Waals surface area contributed by atoms with Gasteiger partial charge in [-0.15, -0.1) is 0 Å². The maximum absolute atomic E-state index is 15.4. The van der Waals surface area contributed by atoms with E-state index in [9.17, 15) is 5.26 Å². The highest BCUT2D eigenvalue weighted by atomic mass is 19.1. The lowest BCUT2D eigenvalue weighted by Crippen LogP contribution is -2.04. The first-order valence-corrected chi connectivity index (χ1v) is 16.9. The van der Waals surface area contributed by atoms with Gasteiger partial charge < -0.3 is 4.57 Å². The molecule has 2 heterocycles. The number of nitriles is 1. The summed E-state index contributed by atoms with van der Waals surface area (Å²) in [7, 11) is 0. The molecule has 7 aromatic carbocycles.